The lowest BCUT2D eigenvalue weighted by molar-refractivity contribution is 0.557. The summed E-state index contributed by atoms with van der Waals surface area (Å²) in [6, 6.07) is 11.0. The van der Waals surface area contributed by atoms with E-state index in [2.05, 4.69) is 34.6 Å². The van der Waals surface area contributed by atoms with Crippen molar-refractivity contribution in [3.05, 3.63) is 36.0 Å². The molecule has 2 aromatic rings. The maximum Gasteiger partial charge on any atom is 0.117 e. The highest BCUT2D eigenvalue weighted by Crippen LogP contribution is 2.22. The van der Waals surface area contributed by atoms with Crippen LogP contribution in [0.25, 0.3) is 11.3 Å². The van der Waals surface area contributed by atoms with Crippen LogP contribution in [0.3, 0.4) is 0 Å². The molecule has 0 saturated heterocycles. The summed E-state index contributed by atoms with van der Waals surface area (Å²) >= 11 is 0. The van der Waals surface area contributed by atoms with Gasteiger partial charge in [0.15, 0.2) is 0 Å². The number of nitrogens with zero attached hydrogens (tertiary/aromatic N) is 3. The SMILES string of the molecule is CCn1nc(CNC2CC2)c(-c2ccccc2)n1.Cl. The normalized spacial score (nSPS) is 14.2. The molecule has 0 bridgehead atoms. The molecular weight excluding hydrogens is 260 g/mol. The second kappa shape index (κ2) is 6.17. The van der Waals surface area contributed by atoms with E-state index in [1.165, 1.54) is 12.8 Å². The minimum atomic E-state index is 0. The molecule has 0 atom stereocenters. The van der Waals surface area contributed by atoms with Crippen molar-refractivity contribution >= 4 is 12.4 Å². The first kappa shape index (κ1) is 14.0. The third-order valence-electron chi connectivity index (χ3n) is 3.19. The highest BCUT2D eigenvalue weighted by atomic mass is 35.5. The molecule has 5 heteroatoms. The van der Waals surface area contributed by atoms with Crippen LogP contribution in [0.1, 0.15) is 25.5 Å². The van der Waals surface area contributed by atoms with Crippen LogP contribution in [0.2, 0.25) is 0 Å². The summed E-state index contributed by atoms with van der Waals surface area (Å²) in [5, 5.41) is 12.6. The van der Waals surface area contributed by atoms with E-state index in [0.29, 0.717) is 6.04 Å². The van der Waals surface area contributed by atoms with Crippen LogP contribution in [0.5, 0.6) is 0 Å². The molecule has 19 heavy (non-hydrogen) atoms. The Labute approximate surface area is 119 Å². The van der Waals surface area contributed by atoms with E-state index >= 15 is 0 Å². The van der Waals surface area contributed by atoms with Crippen molar-refractivity contribution in [1.29, 1.82) is 0 Å². The molecule has 0 aliphatic heterocycles. The monoisotopic (exact) mass is 278 g/mol. The third-order valence-corrected chi connectivity index (χ3v) is 3.19. The maximum absolute atomic E-state index is 4.56. The fourth-order valence-corrected chi connectivity index (χ4v) is 1.99. The molecule has 1 fully saturated rings. The van der Waals surface area contributed by atoms with Gasteiger partial charge in [-0.1, -0.05) is 30.3 Å². The maximum atomic E-state index is 4.56. The number of nitrogens with one attached hydrogen (secondary N) is 1. The molecule has 0 spiro atoms. The van der Waals surface area contributed by atoms with Gasteiger partial charge in [0.2, 0.25) is 0 Å². The Morgan fingerprint density at radius 1 is 1.21 bits per heavy atom. The van der Waals surface area contributed by atoms with Crippen LogP contribution in [0.15, 0.2) is 30.3 Å². The summed E-state index contributed by atoms with van der Waals surface area (Å²) in [5.41, 5.74) is 3.20. The van der Waals surface area contributed by atoms with E-state index in [1.807, 2.05) is 18.2 Å². The molecule has 1 saturated carbocycles. The molecule has 1 heterocycles. The number of hydrogen-bond acceptors (Lipinski definition) is 3. The van der Waals surface area contributed by atoms with Gasteiger partial charge in [-0.2, -0.15) is 15.0 Å². The minimum Gasteiger partial charge on any atom is -0.308 e. The van der Waals surface area contributed by atoms with E-state index in [9.17, 15) is 0 Å². The summed E-state index contributed by atoms with van der Waals surface area (Å²) in [6.07, 6.45) is 2.59. The fourth-order valence-electron chi connectivity index (χ4n) is 1.99. The van der Waals surface area contributed by atoms with E-state index in [4.69, 9.17) is 0 Å². The lowest BCUT2D eigenvalue weighted by Crippen LogP contribution is -2.16. The Morgan fingerprint density at radius 2 is 1.95 bits per heavy atom. The summed E-state index contributed by atoms with van der Waals surface area (Å²) in [7, 11) is 0. The van der Waals surface area contributed by atoms with Crippen LogP contribution in [-0.4, -0.2) is 21.0 Å². The molecule has 1 aliphatic rings. The van der Waals surface area contributed by atoms with Crippen molar-refractivity contribution < 1.29 is 0 Å². The molecule has 1 N–H and O–H groups in total. The first-order chi connectivity index (χ1) is 8.86. The fraction of sp³-hybridized carbons (Fsp3) is 0.429. The van der Waals surface area contributed by atoms with Gasteiger partial charge in [-0.15, -0.1) is 12.4 Å². The first-order valence-corrected chi connectivity index (χ1v) is 6.59. The zero-order valence-corrected chi connectivity index (χ0v) is 11.9. The smallest absolute Gasteiger partial charge is 0.117 e. The molecule has 1 aliphatic carbocycles. The Hall–Kier alpha value is -1.39. The van der Waals surface area contributed by atoms with Crippen LogP contribution >= 0.6 is 12.4 Å². The predicted molar refractivity (Wildman–Crippen MR) is 78.2 cm³/mol. The molecule has 0 unspecified atom stereocenters. The number of benzene rings is 1. The largest absolute Gasteiger partial charge is 0.308 e. The Balaban J connectivity index is 0.00000133. The van der Waals surface area contributed by atoms with Gasteiger partial charge < -0.3 is 5.32 Å². The zero-order chi connectivity index (χ0) is 12.4. The summed E-state index contributed by atoms with van der Waals surface area (Å²) in [5.74, 6) is 0. The molecular formula is C14H19ClN4. The second-order valence-corrected chi connectivity index (χ2v) is 4.71. The Morgan fingerprint density at radius 3 is 2.58 bits per heavy atom. The second-order valence-electron chi connectivity index (χ2n) is 4.71. The van der Waals surface area contributed by atoms with Gasteiger partial charge in [0, 0.05) is 18.2 Å². The molecule has 1 aromatic heterocycles. The lowest BCUT2D eigenvalue weighted by Gasteiger charge is -2.01. The van der Waals surface area contributed by atoms with Crippen molar-refractivity contribution in [2.45, 2.75) is 38.9 Å². The van der Waals surface area contributed by atoms with Gasteiger partial charge in [-0.05, 0) is 19.8 Å². The minimum absolute atomic E-state index is 0. The van der Waals surface area contributed by atoms with Gasteiger partial charge in [0.1, 0.15) is 11.4 Å². The number of aryl methyl sites for hydroxylation is 1. The number of aromatic nitrogens is 3. The summed E-state index contributed by atoms with van der Waals surface area (Å²) in [6.45, 7) is 3.69. The molecule has 1 aromatic carbocycles. The van der Waals surface area contributed by atoms with Crippen LogP contribution < -0.4 is 5.32 Å². The van der Waals surface area contributed by atoms with Crippen LogP contribution in [0.4, 0.5) is 0 Å². The topological polar surface area (TPSA) is 42.7 Å². The average molecular weight is 279 g/mol. The Kier molecular flexibility index (Phi) is 4.56. The molecule has 3 rings (SSSR count). The van der Waals surface area contributed by atoms with Gasteiger partial charge >= 0.3 is 0 Å². The summed E-state index contributed by atoms with van der Waals surface area (Å²) in [4.78, 5) is 1.77. The van der Waals surface area contributed by atoms with E-state index in [-0.39, 0.29) is 12.4 Å². The van der Waals surface area contributed by atoms with Crippen LogP contribution in [0, 0.1) is 0 Å². The van der Waals surface area contributed by atoms with Crippen molar-refractivity contribution in [3.63, 3.8) is 0 Å². The quantitative estimate of drug-likeness (QED) is 0.914. The molecule has 4 nitrogen and oxygen atoms in total. The summed E-state index contributed by atoms with van der Waals surface area (Å²) < 4.78 is 0. The predicted octanol–water partition coefficient (Wildman–Crippen LogP) is 2.64. The number of hydrogen-bond donors (Lipinski definition) is 1. The van der Waals surface area contributed by atoms with E-state index < -0.39 is 0 Å². The third kappa shape index (κ3) is 3.33. The Bertz CT molecular complexity index is 519. The van der Waals surface area contributed by atoms with Crippen molar-refractivity contribution in [1.82, 2.24) is 20.3 Å². The molecule has 0 radical (unpaired) electrons. The molecule has 0 amide bonds. The average Bonchev–Trinajstić information content (AvgIpc) is 3.16. The van der Waals surface area contributed by atoms with Crippen LogP contribution in [-0.2, 0) is 13.1 Å². The number of halogens is 1. The highest BCUT2D eigenvalue weighted by molar-refractivity contribution is 5.85. The van der Waals surface area contributed by atoms with Gasteiger partial charge in [0.05, 0.1) is 6.54 Å². The highest BCUT2D eigenvalue weighted by Gasteiger charge is 2.22. The van der Waals surface area contributed by atoms with Gasteiger partial charge in [-0.25, -0.2) is 0 Å². The standard InChI is InChI=1S/C14H18N4.ClH/c1-2-18-16-13(10-15-12-8-9-12)14(17-18)11-6-4-3-5-7-11;/h3-7,12,15H,2,8-10H2,1H3;1H. The molecule has 102 valence electrons. The van der Waals surface area contributed by atoms with Gasteiger partial charge in [0.25, 0.3) is 0 Å². The van der Waals surface area contributed by atoms with Crippen molar-refractivity contribution in [3.8, 4) is 11.3 Å². The van der Waals surface area contributed by atoms with Crippen molar-refractivity contribution in [2.24, 2.45) is 0 Å². The lowest BCUT2D eigenvalue weighted by atomic mass is 10.1. The number of rotatable bonds is 5. The zero-order valence-electron chi connectivity index (χ0n) is 11.0. The first-order valence-electron chi connectivity index (χ1n) is 6.59. The van der Waals surface area contributed by atoms with Gasteiger partial charge in [-0.3, -0.25) is 0 Å². The van der Waals surface area contributed by atoms with Crippen molar-refractivity contribution in [2.75, 3.05) is 0 Å². The van der Waals surface area contributed by atoms with E-state index in [0.717, 1.165) is 30.0 Å². The van der Waals surface area contributed by atoms with E-state index in [1.54, 1.807) is 4.80 Å².